The molecule has 2 saturated heterocycles. The molecule has 0 bridgehead atoms. The lowest BCUT2D eigenvalue weighted by Crippen LogP contribution is -2.64. The van der Waals surface area contributed by atoms with Crippen molar-refractivity contribution in [3.05, 3.63) is 17.0 Å². The van der Waals surface area contributed by atoms with Crippen LogP contribution in [0.4, 0.5) is 8.78 Å². The number of hydrogen-bond donors (Lipinski definition) is 1. The Hall–Kier alpha value is -2.03. The Bertz CT molecular complexity index is 814. The van der Waals surface area contributed by atoms with E-state index < -0.39 is 24.9 Å². The predicted octanol–water partition coefficient (Wildman–Crippen LogP) is 1.03. The van der Waals surface area contributed by atoms with Gasteiger partial charge in [-0.15, -0.1) is 0 Å². The third kappa shape index (κ3) is 4.01. The van der Waals surface area contributed by atoms with Crippen LogP contribution in [0.25, 0.3) is 0 Å². The Morgan fingerprint density at radius 1 is 1.24 bits per heavy atom. The lowest BCUT2D eigenvalue weighted by molar-refractivity contribution is -0.141. The molecule has 7 nitrogen and oxygen atoms in total. The Morgan fingerprint density at radius 3 is 2.52 bits per heavy atom. The van der Waals surface area contributed by atoms with Crippen molar-refractivity contribution in [3.8, 4) is 0 Å². The van der Waals surface area contributed by atoms with Crippen LogP contribution in [0.1, 0.15) is 36.2 Å². The van der Waals surface area contributed by atoms with Gasteiger partial charge in [0.25, 0.3) is 5.92 Å². The second-order valence-corrected chi connectivity index (χ2v) is 8.73. The highest BCUT2D eigenvalue weighted by molar-refractivity contribution is 5.83. The van der Waals surface area contributed by atoms with Crippen LogP contribution in [0.3, 0.4) is 0 Å². The van der Waals surface area contributed by atoms with Crippen LogP contribution in [-0.4, -0.2) is 75.6 Å². The zero-order valence-corrected chi connectivity index (χ0v) is 17.3. The van der Waals surface area contributed by atoms with Crippen molar-refractivity contribution in [1.29, 1.82) is 0 Å². The third-order valence-corrected chi connectivity index (χ3v) is 6.51. The maximum atomic E-state index is 14.1. The maximum Gasteiger partial charge on any atom is 0.262 e. The molecule has 1 N–H and O–H groups in total. The number of hydrogen-bond acceptors (Lipinski definition) is 4. The molecule has 3 aliphatic rings. The van der Waals surface area contributed by atoms with Crippen molar-refractivity contribution >= 4 is 11.8 Å². The molecule has 160 valence electrons. The summed E-state index contributed by atoms with van der Waals surface area (Å²) in [6.45, 7) is 4.77. The van der Waals surface area contributed by atoms with E-state index in [9.17, 15) is 18.4 Å². The van der Waals surface area contributed by atoms with Gasteiger partial charge in [-0.25, -0.2) is 8.78 Å². The largest absolute Gasteiger partial charge is 0.354 e. The van der Waals surface area contributed by atoms with Gasteiger partial charge in [0.1, 0.15) is 0 Å². The summed E-state index contributed by atoms with van der Waals surface area (Å²) in [4.78, 5) is 28.1. The van der Waals surface area contributed by atoms with Crippen LogP contribution in [0.15, 0.2) is 0 Å². The van der Waals surface area contributed by atoms with Gasteiger partial charge in [-0.3, -0.25) is 19.2 Å². The monoisotopic (exact) mass is 409 g/mol. The number of carbonyl (C=O) groups excluding carboxylic acids is 2. The van der Waals surface area contributed by atoms with E-state index >= 15 is 0 Å². The molecule has 1 aliphatic carbocycles. The first-order valence-corrected chi connectivity index (χ1v) is 10.4. The molecule has 0 unspecified atom stereocenters. The highest BCUT2D eigenvalue weighted by atomic mass is 19.3. The molecule has 2 amide bonds. The quantitative estimate of drug-likeness (QED) is 0.762. The molecule has 1 atom stereocenters. The first-order valence-electron chi connectivity index (χ1n) is 10.4. The summed E-state index contributed by atoms with van der Waals surface area (Å²) in [5.41, 5.74) is 3.04. The molecule has 9 heteroatoms. The predicted molar refractivity (Wildman–Crippen MR) is 103 cm³/mol. The fourth-order valence-corrected chi connectivity index (χ4v) is 4.51. The van der Waals surface area contributed by atoms with Crippen molar-refractivity contribution < 1.29 is 18.4 Å². The van der Waals surface area contributed by atoms with Crippen LogP contribution in [0.2, 0.25) is 0 Å². The molecular formula is C20H29F2N5O2. The minimum atomic E-state index is -2.88. The number of aromatic nitrogens is 2. The summed E-state index contributed by atoms with van der Waals surface area (Å²) in [5.74, 6) is -2.96. The van der Waals surface area contributed by atoms with Gasteiger partial charge in [-0.2, -0.15) is 5.10 Å². The number of halogens is 2. The zero-order valence-electron chi connectivity index (χ0n) is 17.3. The Balaban J connectivity index is 1.33. The highest BCUT2D eigenvalue weighted by Gasteiger charge is 2.53. The van der Waals surface area contributed by atoms with Gasteiger partial charge in [0.2, 0.25) is 11.8 Å². The van der Waals surface area contributed by atoms with Crippen LogP contribution >= 0.6 is 0 Å². The molecule has 0 spiro atoms. The molecule has 2 aliphatic heterocycles. The van der Waals surface area contributed by atoms with Gasteiger partial charge in [0.15, 0.2) is 0 Å². The minimum Gasteiger partial charge on any atom is -0.354 e. The summed E-state index contributed by atoms with van der Waals surface area (Å²) >= 11 is 0. The lowest BCUT2D eigenvalue weighted by Gasteiger charge is -2.45. The molecule has 4 rings (SSSR count). The lowest BCUT2D eigenvalue weighted by atomic mass is 10.0. The molecule has 0 aromatic carbocycles. The maximum absolute atomic E-state index is 14.1. The van der Waals surface area contributed by atoms with E-state index in [-0.39, 0.29) is 23.8 Å². The Kier molecular flexibility index (Phi) is 5.13. The van der Waals surface area contributed by atoms with Crippen molar-refractivity contribution in [1.82, 2.24) is 24.9 Å². The number of nitrogens with zero attached hydrogens (tertiary/aromatic N) is 4. The number of amides is 2. The SMILES string of the molecule is Cc1nn(C)c(C)c1CCNC(=O)[C@@H]1CC(F)(F)CN1C1CN(C(=O)C2CC2)C1. The molecular weight excluding hydrogens is 380 g/mol. The highest BCUT2D eigenvalue weighted by Crippen LogP contribution is 2.37. The average Bonchev–Trinajstić information content (AvgIpc) is 3.36. The average molecular weight is 409 g/mol. The minimum absolute atomic E-state index is 0.134. The van der Waals surface area contributed by atoms with Crippen LogP contribution in [0, 0.1) is 19.8 Å². The fraction of sp³-hybridized carbons (Fsp3) is 0.750. The van der Waals surface area contributed by atoms with Gasteiger partial charge in [0.05, 0.1) is 18.3 Å². The topological polar surface area (TPSA) is 70.5 Å². The van der Waals surface area contributed by atoms with E-state index in [0.29, 0.717) is 26.1 Å². The molecule has 29 heavy (non-hydrogen) atoms. The number of nitrogens with one attached hydrogen (secondary N) is 1. The summed E-state index contributed by atoms with van der Waals surface area (Å²) in [5, 5.41) is 7.20. The molecule has 1 aromatic rings. The normalized spacial score (nSPS) is 24.6. The van der Waals surface area contributed by atoms with Crippen molar-refractivity contribution in [2.45, 2.75) is 57.5 Å². The second-order valence-electron chi connectivity index (χ2n) is 8.73. The zero-order chi connectivity index (χ0) is 20.9. The van der Waals surface area contributed by atoms with Crippen molar-refractivity contribution in [2.75, 3.05) is 26.2 Å². The molecule has 1 aromatic heterocycles. The summed E-state index contributed by atoms with van der Waals surface area (Å²) in [7, 11) is 1.87. The van der Waals surface area contributed by atoms with Gasteiger partial charge >= 0.3 is 0 Å². The number of aryl methyl sites for hydroxylation is 2. The van der Waals surface area contributed by atoms with E-state index in [0.717, 1.165) is 29.8 Å². The number of carbonyl (C=O) groups is 2. The van der Waals surface area contributed by atoms with Crippen molar-refractivity contribution in [3.63, 3.8) is 0 Å². The van der Waals surface area contributed by atoms with E-state index in [1.54, 1.807) is 14.5 Å². The van der Waals surface area contributed by atoms with Crippen LogP contribution < -0.4 is 5.32 Å². The smallest absolute Gasteiger partial charge is 0.262 e. The molecule has 0 radical (unpaired) electrons. The summed E-state index contributed by atoms with van der Waals surface area (Å²) in [6.07, 6.45) is 2.02. The number of alkyl halides is 2. The van der Waals surface area contributed by atoms with Crippen LogP contribution in [-0.2, 0) is 23.1 Å². The van der Waals surface area contributed by atoms with Gasteiger partial charge in [0, 0.05) is 50.8 Å². The first-order chi connectivity index (χ1) is 13.7. The summed E-state index contributed by atoms with van der Waals surface area (Å²) in [6, 6.07) is -1.01. The van der Waals surface area contributed by atoms with Crippen molar-refractivity contribution in [2.24, 2.45) is 13.0 Å². The standard InChI is InChI=1S/C20H29F2N5O2/c1-12-16(13(2)25(3)24-12)6-7-23-18(28)17-8-20(21,22)11-27(17)15-9-26(10-15)19(29)14-4-5-14/h14-15,17H,4-11H2,1-3H3,(H,23,28)/t17-/m0/s1. The molecule has 1 saturated carbocycles. The number of rotatable bonds is 6. The van der Waals surface area contributed by atoms with Gasteiger partial charge in [-0.05, 0) is 38.7 Å². The summed E-state index contributed by atoms with van der Waals surface area (Å²) < 4.78 is 30.0. The molecule has 3 heterocycles. The molecule has 3 fully saturated rings. The second kappa shape index (κ2) is 7.34. The van der Waals surface area contributed by atoms with Gasteiger partial charge < -0.3 is 10.2 Å². The Labute approximate surface area is 169 Å². The first kappa shape index (κ1) is 20.3. The van der Waals surface area contributed by atoms with E-state index in [4.69, 9.17) is 0 Å². The fourth-order valence-electron chi connectivity index (χ4n) is 4.51. The van der Waals surface area contributed by atoms with E-state index in [1.165, 1.54) is 0 Å². The number of likely N-dealkylation sites (tertiary alicyclic amines) is 2. The van der Waals surface area contributed by atoms with E-state index in [1.807, 2.05) is 20.9 Å². The van der Waals surface area contributed by atoms with E-state index in [2.05, 4.69) is 10.4 Å². The Morgan fingerprint density at radius 2 is 1.93 bits per heavy atom. The van der Waals surface area contributed by atoms with Gasteiger partial charge in [-0.1, -0.05) is 0 Å². The van der Waals surface area contributed by atoms with Crippen LogP contribution in [0.5, 0.6) is 0 Å². The third-order valence-electron chi connectivity index (χ3n) is 6.51.